The summed E-state index contributed by atoms with van der Waals surface area (Å²) in [5, 5.41) is 0. The number of halogens is 1. The fourth-order valence-electron chi connectivity index (χ4n) is 3.46. The summed E-state index contributed by atoms with van der Waals surface area (Å²) in [6, 6.07) is 2.85. The fourth-order valence-corrected chi connectivity index (χ4v) is 3.46. The van der Waals surface area contributed by atoms with Gasteiger partial charge in [-0.15, -0.1) is 0 Å². The number of nitrogens with zero attached hydrogens (tertiary/aromatic N) is 1. The van der Waals surface area contributed by atoms with Crippen LogP contribution < -0.4 is 4.74 Å². The number of hydrogen-bond donors (Lipinski definition) is 0. The van der Waals surface area contributed by atoms with Crippen molar-refractivity contribution in [2.75, 3.05) is 19.7 Å². The van der Waals surface area contributed by atoms with Crippen molar-refractivity contribution in [1.82, 2.24) is 4.90 Å². The normalized spacial score (nSPS) is 19.6. The fraction of sp³-hybridized carbons (Fsp3) is 0.636. The largest absolute Gasteiger partial charge is 0.488 e. The van der Waals surface area contributed by atoms with E-state index in [4.69, 9.17) is 14.2 Å². The molecule has 0 radical (unpaired) electrons. The van der Waals surface area contributed by atoms with Crippen molar-refractivity contribution in [2.24, 2.45) is 0 Å². The summed E-state index contributed by atoms with van der Waals surface area (Å²) in [6.07, 6.45) is 2.91. The zero-order valence-corrected chi connectivity index (χ0v) is 17.6. The molecule has 1 saturated heterocycles. The smallest absolute Gasteiger partial charge is 0.410 e. The zero-order chi connectivity index (χ0) is 21.2. The van der Waals surface area contributed by atoms with E-state index in [2.05, 4.69) is 0 Å². The molecule has 2 fully saturated rings. The molecule has 7 heteroatoms. The standard InChI is InChI=1S/C22H30FNO5/c1-5-27-20(25)17-11-16(14-8-9-14)19(12-18(17)23)28-15-7-6-10-24(13-15)21(26)29-22(2,3)4/h11-12,14-15H,5-10,13H2,1-4H3/t15-/m1/s1. The van der Waals surface area contributed by atoms with Gasteiger partial charge in [-0.25, -0.2) is 14.0 Å². The number of piperidine rings is 1. The quantitative estimate of drug-likeness (QED) is 0.665. The molecule has 0 N–H and O–H groups in total. The summed E-state index contributed by atoms with van der Waals surface area (Å²) in [7, 11) is 0. The maximum atomic E-state index is 14.6. The predicted octanol–water partition coefficient (Wildman–Crippen LogP) is 4.66. The van der Waals surface area contributed by atoms with Crippen molar-refractivity contribution < 1.29 is 28.2 Å². The number of amides is 1. The second-order valence-corrected chi connectivity index (χ2v) is 8.67. The number of likely N-dealkylation sites (tertiary alicyclic amines) is 1. The maximum absolute atomic E-state index is 14.6. The lowest BCUT2D eigenvalue weighted by Gasteiger charge is -2.34. The van der Waals surface area contributed by atoms with E-state index in [1.54, 1.807) is 17.9 Å². The molecule has 1 aromatic carbocycles. The number of rotatable bonds is 5. The summed E-state index contributed by atoms with van der Waals surface area (Å²) in [6.45, 7) is 8.38. The van der Waals surface area contributed by atoms with Gasteiger partial charge in [0.2, 0.25) is 0 Å². The maximum Gasteiger partial charge on any atom is 0.410 e. The van der Waals surface area contributed by atoms with Crippen molar-refractivity contribution in [3.8, 4) is 5.75 Å². The van der Waals surface area contributed by atoms with Crippen LogP contribution in [0.15, 0.2) is 12.1 Å². The number of hydrogen-bond acceptors (Lipinski definition) is 5. The zero-order valence-electron chi connectivity index (χ0n) is 17.6. The highest BCUT2D eigenvalue weighted by Gasteiger charge is 2.33. The lowest BCUT2D eigenvalue weighted by Crippen LogP contribution is -2.46. The highest BCUT2D eigenvalue weighted by molar-refractivity contribution is 5.90. The Morgan fingerprint density at radius 3 is 2.55 bits per heavy atom. The lowest BCUT2D eigenvalue weighted by molar-refractivity contribution is 0.00757. The Balaban J connectivity index is 1.74. The van der Waals surface area contributed by atoms with Crippen molar-refractivity contribution in [3.63, 3.8) is 0 Å². The third-order valence-corrected chi connectivity index (χ3v) is 4.94. The molecule has 1 aliphatic heterocycles. The van der Waals surface area contributed by atoms with E-state index in [0.717, 1.165) is 31.2 Å². The monoisotopic (exact) mass is 407 g/mol. The molecule has 0 aromatic heterocycles. The number of ether oxygens (including phenoxy) is 3. The van der Waals surface area contributed by atoms with E-state index in [9.17, 15) is 14.0 Å². The van der Waals surface area contributed by atoms with Gasteiger partial charge in [-0.1, -0.05) is 0 Å². The molecule has 0 unspecified atom stereocenters. The van der Waals surface area contributed by atoms with Gasteiger partial charge in [-0.2, -0.15) is 0 Å². The molecule has 1 saturated carbocycles. The molecule has 1 amide bonds. The topological polar surface area (TPSA) is 65.1 Å². The van der Waals surface area contributed by atoms with Crippen LogP contribution in [0.1, 0.15) is 75.2 Å². The Hall–Kier alpha value is -2.31. The van der Waals surface area contributed by atoms with Gasteiger partial charge in [-0.3, -0.25) is 0 Å². The number of benzene rings is 1. The van der Waals surface area contributed by atoms with Crippen LogP contribution in [0.2, 0.25) is 0 Å². The third-order valence-electron chi connectivity index (χ3n) is 4.94. The highest BCUT2D eigenvalue weighted by Crippen LogP contribution is 2.45. The van der Waals surface area contributed by atoms with Crippen LogP contribution in [0.4, 0.5) is 9.18 Å². The molecular formula is C22H30FNO5. The van der Waals surface area contributed by atoms with Crippen molar-refractivity contribution in [3.05, 3.63) is 29.1 Å². The van der Waals surface area contributed by atoms with Gasteiger partial charge >= 0.3 is 12.1 Å². The van der Waals surface area contributed by atoms with E-state index in [0.29, 0.717) is 18.8 Å². The van der Waals surface area contributed by atoms with Gasteiger partial charge in [0.05, 0.1) is 18.7 Å². The summed E-state index contributed by atoms with van der Waals surface area (Å²) in [5.74, 6) is -0.590. The first-order valence-electron chi connectivity index (χ1n) is 10.3. The second kappa shape index (κ2) is 8.59. The molecule has 6 nitrogen and oxygen atoms in total. The molecule has 1 aromatic rings. The van der Waals surface area contributed by atoms with Crippen LogP contribution in [0.25, 0.3) is 0 Å². The van der Waals surface area contributed by atoms with Crippen molar-refractivity contribution in [2.45, 2.75) is 71.0 Å². The summed E-state index contributed by atoms with van der Waals surface area (Å²) in [5.41, 5.74) is 0.222. The molecule has 29 heavy (non-hydrogen) atoms. The molecule has 2 aliphatic rings. The first kappa shape index (κ1) is 21.4. The Morgan fingerprint density at radius 2 is 1.93 bits per heavy atom. The minimum atomic E-state index is -0.660. The minimum absolute atomic E-state index is 0.0554. The van der Waals surface area contributed by atoms with Crippen LogP contribution in [0.5, 0.6) is 5.75 Å². The van der Waals surface area contributed by atoms with Gasteiger partial charge in [0.15, 0.2) is 0 Å². The summed E-state index contributed by atoms with van der Waals surface area (Å²) >= 11 is 0. The molecule has 1 atom stereocenters. The first-order valence-corrected chi connectivity index (χ1v) is 10.3. The molecule has 3 rings (SSSR count). The van der Waals surface area contributed by atoms with Crippen LogP contribution in [0.3, 0.4) is 0 Å². The van der Waals surface area contributed by atoms with Gasteiger partial charge in [0.1, 0.15) is 23.3 Å². The average Bonchev–Trinajstić information content (AvgIpc) is 3.46. The first-order chi connectivity index (χ1) is 13.7. The lowest BCUT2D eigenvalue weighted by atomic mass is 10.0. The van der Waals surface area contributed by atoms with Gasteiger partial charge in [0.25, 0.3) is 0 Å². The van der Waals surface area contributed by atoms with Gasteiger partial charge < -0.3 is 19.1 Å². The number of carbonyl (C=O) groups is 2. The van der Waals surface area contributed by atoms with Crippen LogP contribution in [-0.2, 0) is 9.47 Å². The van der Waals surface area contributed by atoms with Gasteiger partial charge in [0, 0.05) is 12.6 Å². The Labute approximate surface area is 171 Å². The van der Waals surface area contributed by atoms with Gasteiger partial charge in [-0.05, 0) is 70.9 Å². The Bertz CT molecular complexity index is 769. The molecule has 0 spiro atoms. The average molecular weight is 407 g/mol. The Kier molecular flexibility index (Phi) is 6.34. The van der Waals surface area contributed by atoms with Crippen LogP contribution in [0, 0.1) is 5.82 Å². The molecule has 1 aliphatic carbocycles. The van der Waals surface area contributed by atoms with Crippen LogP contribution in [-0.4, -0.2) is 48.4 Å². The highest BCUT2D eigenvalue weighted by atomic mass is 19.1. The SMILES string of the molecule is CCOC(=O)c1cc(C2CC2)c(O[C@@H]2CCCN(C(=O)OC(C)(C)C)C2)cc1F. The minimum Gasteiger partial charge on any atom is -0.488 e. The van der Waals surface area contributed by atoms with E-state index < -0.39 is 17.4 Å². The number of carbonyl (C=O) groups excluding carboxylic acids is 2. The van der Waals surface area contributed by atoms with Crippen molar-refractivity contribution >= 4 is 12.1 Å². The summed E-state index contributed by atoms with van der Waals surface area (Å²) < 4.78 is 31.1. The van der Waals surface area contributed by atoms with E-state index in [1.807, 2.05) is 20.8 Å². The predicted molar refractivity (Wildman–Crippen MR) is 106 cm³/mol. The van der Waals surface area contributed by atoms with E-state index in [1.165, 1.54) is 6.07 Å². The Morgan fingerprint density at radius 1 is 1.21 bits per heavy atom. The third kappa shape index (κ3) is 5.61. The van der Waals surface area contributed by atoms with E-state index >= 15 is 0 Å². The second-order valence-electron chi connectivity index (χ2n) is 8.67. The van der Waals surface area contributed by atoms with E-state index in [-0.39, 0.29) is 30.3 Å². The molecule has 160 valence electrons. The van der Waals surface area contributed by atoms with Crippen molar-refractivity contribution in [1.29, 1.82) is 0 Å². The number of esters is 1. The molecular weight excluding hydrogens is 377 g/mol. The summed E-state index contributed by atoms with van der Waals surface area (Å²) in [4.78, 5) is 26.0. The molecule has 0 bridgehead atoms. The molecule has 1 heterocycles. The van der Waals surface area contributed by atoms with Crippen LogP contribution >= 0.6 is 0 Å².